The van der Waals surface area contributed by atoms with Crippen LogP contribution in [0.2, 0.25) is 0 Å². The molecule has 30 heavy (non-hydrogen) atoms. The van der Waals surface area contributed by atoms with Crippen LogP contribution in [0, 0.1) is 21.4 Å². The lowest BCUT2D eigenvalue weighted by Crippen LogP contribution is -2.20. The normalized spacial score (nSPS) is 10.5. The summed E-state index contributed by atoms with van der Waals surface area (Å²) in [6.07, 6.45) is 1.39. The first-order valence-corrected chi connectivity index (χ1v) is 8.57. The first kappa shape index (κ1) is 21.9. The minimum Gasteiger partial charge on any atom is -0.493 e. The number of non-ortho nitro benzene ring substituents is 1. The fourth-order valence-electron chi connectivity index (χ4n) is 2.38. The highest BCUT2D eigenvalue weighted by Crippen LogP contribution is 2.29. The fraction of sp³-hybridized carbons (Fsp3) is 0.150. The molecule has 0 fully saturated rings. The molecule has 0 aliphatic carbocycles. The number of hydrogen-bond donors (Lipinski definition) is 2. The van der Waals surface area contributed by atoms with E-state index in [2.05, 4.69) is 10.6 Å². The Morgan fingerprint density at radius 3 is 2.63 bits per heavy atom. The SMILES string of the molecule is CNC(=O)/C(C#N)=C\c1ccc(OCC(=O)Nc2cccc([N+](=O)[O-])c2)c(OC)c1. The second-order valence-electron chi connectivity index (χ2n) is 5.80. The molecule has 0 spiro atoms. The maximum Gasteiger partial charge on any atom is 0.271 e. The second-order valence-corrected chi connectivity index (χ2v) is 5.80. The summed E-state index contributed by atoms with van der Waals surface area (Å²) in [4.78, 5) is 33.9. The second kappa shape index (κ2) is 10.2. The summed E-state index contributed by atoms with van der Waals surface area (Å²) in [7, 11) is 2.83. The number of rotatable bonds is 8. The van der Waals surface area contributed by atoms with Gasteiger partial charge in [-0.05, 0) is 29.8 Å². The fourth-order valence-corrected chi connectivity index (χ4v) is 2.38. The smallest absolute Gasteiger partial charge is 0.271 e. The predicted molar refractivity (Wildman–Crippen MR) is 108 cm³/mol. The van der Waals surface area contributed by atoms with Crippen LogP contribution in [-0.2, 0) is 9.59 Å². The van der Waals surface area contributed by atoms with E-state index in [4.69, 9.17) is 14.7 Å². The minimum atomic E-state index is -0.561. The Labute approximate surface area is 171 Å². The third-order valence-electron chi connectivity index (χ3n) is 3.79. The van der Waals surface area contributed by atoms with Crippen LogP contribution < -0.4 is 20.1 Å². The van der Waals surface area contributed by atoms with Crippen molar-refractivity contribution in [1.29, 1.82) is 5.26 Å². The zero-order valence-electron chi connectivity index (χ0n) is 16.2. The van der Waals surface area contributed by atoms with E-state index in [1.807, 2.05) is 6.07 Å². The number of methoxy groups -OCH3 is 1. The van der Waals surface area contributed by atoms with Crippen LogP contribution in [0.5, 0.6) is 11.5 Å². The Morgan fingerprint density at radius 2 is 2.00 bits per heavy atom. The first-order chi connectivity index (χ1) is 14.4. The lowest BCUT2D eigenvalue weighted by atomic mass is 10.1. The monoisotopic (exact) mass is 410 g/mol. The molecule has 0 aliphatic heterocycles. The van der Waals surface area contributed by atoms with Gasteiger partial charge in [-0.15, -0.1) is 0 Å². The van der Waals surface area contributed by atoms with Crippen molar-refractivity contribution in [2.45, 2.75) is 0 Å². The van der Waals surface area contributed by atoms with Crippen molar-refractivity contribution in [2.24, 2.45) is 0 Å². The molecule has 0 radical (unpaired) electrons. The molecule has 0 atom stereocenters. The van der Waals surface area contributed by atoms with Gasteiger partial charge in [-0.1, -0.05) is 12.1 Å². The molecule has 10 heteroatoms. The number of nitro benzene ring substituents is 1. The highest BCUT2D eigenvalue weighted by atomic mass is 16.6. The molecule has 0 saturated heterocycles. The molecule has 154 valence electrons. The lowest BCUT2D eigenvalue weighted by molar-refractivity contribution is -0.384. The number of benzene rings is 2. The van der Waals surface area contributed by atoms with Gasteiger partial charge in [0.1, 0.15) is 11.6 Å². The number of nitrogens with zero attached hydrogens (tertiary/aromatic N) is 2. The lowest BCUT2D eigenvalue weighted by Gasteiger charge is -2.11. The van der Waals surface area contributed by atoms with Crippen molar-refractivity contribution in [3.8, 4) is 17.6 Å². The number of carbonyl (C=O) groups is 2. The molecular weight excluding hydrogens is 392 g/mol. The topological polar surface area (TPSA) is 144 Å². The van der Waals surface area contributed by atoms with E-state index in [9.17, 15) is 19.7 Å². The number of ether oxygens (including phenoxy) is 2. The van der Waals surface area contributed by atoms with E-state index in [0.29, 0.717) is 11.3 Å². The number of anilines is 1. The molecular formula is C20H18N4O6. The van der Waals surface area contributed by atoms with Crippen LogP contribution in [-0.4, -0.2) is 37.5 Å². The zero-order valence-corrected chi connectivity index (χ0v) is 16.2. The Balaban J connectivity index is 2.08. The van der Waals surface area contributed by atoms with Crippen molar-refractivity contribution in [1.82, 2.24) is 5.32 Å². The molecule has 2 rings (SSSR count). The van der Waals surface area contributed by atoms with Crippen molar-refractivity contribution in [3.63, 3.8) is 0 Å². The molecule has 2 aromatic carbocycles. The number of likely N-dealkylation sites (N-methyl/N-ethyl adjacent to an activating group) is 1. The van der Waals surface area contributed by atoms with E-state index in [-0.39, 0.29) is 29.3 Å². The highest BCUT2D eigenvalue weighted by Gasteiger charge is 2.12. The van der Waals surface area contributed by atoms with E-state index >= 15 is 0 Å². The van der Waals surface area contributed by atoms with Crippen molar-refractivity contribution < 1.29 is 24.0 Å². The van der Waals surface area contributed by atoms with Crippen molar-refractivity contribution in [2.75, 3.05) is 26.1 Å². The number of hydrogen-bond acceptors (Lipinski definition) is 7. The molecule has 0 saturated carbocycles. The molecule has 0 heterocycles. The number of nitriles is 1. The van der Waals surface area contributed by atoms with Gasteiger partial charge in [0.2, 0.25) is 0 Å². The first-order valence-electron chi connectivity index (χ1n) is 8.57. The Morgan fingerprint density at radius 1 is 1.23 bits per heavy atom. The van der Waals surface area contributed by atoms with Gasteiger partial charge in [0.05, 0.1) is 12.0 Å². The summed E-state index contributed by atoms with van der Waals surface area (Å²) in [5.74, 6) is -0.481. The average molecular weight is 410 g/mol. The maximum absolute atomic E-state index is 12.1. The van der Waals surface area contributed by atoms with Crippen molar-refractivity contribution >= 4 is 29.3 Å². The van der Waals surface area contributed by atoms with E-state index < -0.39 is 16.7 Å². The van der Waals surface area contributed by atoms with Gasteiger partial charge >= 0.3 is 0 Å². The van der Waals surface area contributed by atoms with Gasteiger partial charge < -0.3 is 20.1 Å². The largest absolute Gasteiger partial charge is 0.493 e. The average Bonchev–Trinajstić information content (AvgIpc) is 2.75. The van der Waals surface area contributed by atoms with Gasteiger partial charge in [0.25, 0.3) is 17.5 Å². The van der Waals surface area contributed by atoms with Gasteiger partial charge in [-0.3, -0.25) is 19.7 Å². The summed E-state index contributed by atoms with van der Waals surface area (Å²) in [5, 5.41) is 24.7. The van der Waals surface area contributed by atoms with Crippen LogP contribution in [0.3, 0.4) is 0 Å². The van der Waals surface area contributed by atoms with Gasteiger partial charge in [-0.25, -0.2) is 0 Å². The van der Waals surface area contributed by atoms with Crippen molar-refractivity contribution in [3.05, 3.63) is 63.7 Å². The number of nitro groups is 1. The molecule has 2 amide bonds. The predicted octanol–water partition coefficient (Wildman–Crippen LogP) is 2.27. The van der Waals surface area contributed by atoms with Gasteiger partial charge in [0.15, 0.2) is 18.1 Å². The molecule has 0 aliphatic rings. The van der Waals surface area contributed by atoms with Gasteiger partial charge in [-0.2, -0.15) is 5.26 Å². The molecule has 2 aromatic rings. The summed E-state index contributed by atoms with van der Waals surface area (Å²) in [6, 6.07) is 12.0. The van der Waals surface area contributed by atoms with Crippen LogP contribution in [0.4, 0.5) is 11.4 Å². The van der Waals surface area contributed by atoms with E-state index in [1.54, 1.807) is 12.1 Å². The third-order valence-corrected chi connectivity index (χ3v) is 3.79. The summed E-state index contributed by atoms with van der Waals surface area (Å²) >= 11 is 0. The quantitative estimate of drug-likeness (QED) is 0.294. The Hall–Kier alpha value is -4.39. The minimum absolute atomic E-state index is 0.0791. The van der Waals surface area contributed by atoms with Crippen LogP contribution in [0.1, 0.15) is 5.56 Å². The van der Waals surface area contributed by atoms with Gasteiger partial charge in [0, 0.05) is 24.9 Å². The van der Waals surface area contributed by atoms with E-state index in [0.717, 1.165) is 0 Å². The number of carbonyl (C=O) groups excluding carboxylic acids is 2. The Kier molecular flexibility index (Phi) is 7.47. The molecule has 2 N–H and O–H groups in total. The third kappa shape index (κ3) is 5.80. The molecule has 10 nitrogen and oxygen atoms in total. The van der Waals surface area contributed by atoms with Crippen LogP contribution in [0.25, 0.3) is 6.08 Å². The summed E-state index contributed by atoms with van der Waals surface area (Å²) < 4.78 is 10.7. The van der Waals surface area contributed by atoms with E-state index in [1.165, 1.54) is 50.6 Å². The molecule has 0 bridgehead atoms. The van der Waals surface area contributed by atoms with Crippen LogP contribution >= 0.6 is 0 Å². The maximum atomic E-state index is 12.1. The summed E-state index contributed by atoms with van der Waals surface area (Å²) in [5.41, 5.74) is 0.570. The molecule has 0 aromatic heterocycles. The molecule has 0 unspecified atom stereocenters. The van der Waals surface area contributed by atoms with Crippen LogP contribution in [0.15, 0.2) is 48.0 Å². The summed E-state index contributed by atoms with van der Waals surface area (Å²) in [6.45, 7) is -0.365. The zero-order chi connectivity index (χ0) is 22.1. The number of amides is 2. The highest BCUT2D eigenvalue weighted by molar-refractivity contribution is 6.01. The standard InChI is InChI=1S/C20H18N4O6/c1-22-20(26)14(11-21)8-13-6-7-17(18(9-13)29-2)30-12-19(25)23-15-4-3-5-16(10-15)24(27)28/h3-10H,12H2,1-2H3,(H,22,26)(H,23,25)/b14-8-. The number of nitrogens with one attached hydrogen (secondary N) is 2. The Bertz CT molecular complexity index is 1040.